The van der Waals surface area contributed by atoms with Crippen molar-refractivity contribution < 1.29 is 9.47 Å². The highest BCUT2D eigenvalue weighted by Crippen LogP contribution is 2.12. The van der Waals surface area contributed by atoms with E-state index >= 15 is 0 Å². The molecule has 7 nitrogen and oxygen atoms in total. The average molecular weight is 364 g/mol. The lowest BCUT2D eigenvalue weighted by Crippen LogP contribution is -2.52. The number of nitrogens with zero attached hydrogens (tertiary/aromatic N) is 4. The summed E-state index contributed by atoms with van der Waals surface area (Å²) in [4.78, 5) is 13.9. The van der Waals surface area contributed by atoms with Crippen LogP contribution >= 0.6 is 0 Å². The summed E-state index contributed by atoms with van der Waals surface area (Å²) >= 11 is 0. The minimum Gasteiger partial charge on any atom is -0.382 e. The third-order valence-electron chi connectivity index (χ3n) is 4.28. The molecule has 1 aromatic heterocycles. The zero-order valence-corrected chi connectivity index (χ0v) is 16.2. The molecule has 1 N–H and O–H groups in total. The van der Waals surface area contributed by atoms with Gasteiger partial charge in [0.15, 0.2) is 5.96 Å². The lowest BCUT2D eigenvalue weighted by Gasteiger charge is -2.37. The van der Waals surface area contributed by atoms with Crippen LogP contribution in [0.5, 0.6) is 0 Å². The van der Waals surface area contributed by atoms with Crippen LogP contribution in [0.25, 0.3) is 0 Å². The molecular formula is C19H33N5O2. The SMILES string of the molecule is CCNC(=NCCCCOCCOC)N1CCN(c2ccccn2)CC1. The standard InChI is InChI=1S/C19H33N5O2/c1-3-20-19(22-10-6-7-15-26-17-16-25-2)24-13-11-23(12-14-24)18-8-4-5-9-21-18/h4-5,8-9H,3,6-7,10-17H2,1-2H3,(H,20,22). The van der Waals surface area contributed by atoms with E-state index in [2.05, 4.69) is 33.1 Å². The number of guanidine groups is 1. The zero-order valence-electron chi connectivity index (χ0n) is 16.2. The molecule has 0 amide bonds. The summed E-state index contributed by atoms with van der Waals surface area (Å²) in [5, 5.41) is 3.42. The molecule has 1 saturated heterocycles. The van der Waals surface area contributed by atoms with E-state index in [1.54, 1.807) is 7.11 Å². The molecule has 0 aliphatic carbocycles. The van der Waals surface area contributed by atoms with Crippen LogP contribution in [0.15, 0.2) is 29.4 Å². The number of ether oxygens (including phenoxy) is 2. The van der Waals surface area contributed by atoms with Gasteiger partial charge in [0.25, 0.3) is 0 Å². The summed E-state index contributed by atoms with van der Waals surface area (Å²) in [6, 6.07) is 6.07. The van der Waals surface area contributed by atoms with E-state index in [0.717, 1.165) is 70.5 Å². The molecule has 1 aliphatic heterocycles. The molecule has 2 heterocycles. The predicted molar refractivity (Wildman–Crippen MR) is 106 cm³/mol. The fourth-order valence-electron chi connectivity index (χ4n) is 2.86. The maximum atomic E-state index is 5.49. The second kappa shape index (κ2) is 12.5. The Morgan fingerprint density at radius 2 is 2.00 bits per heavy atom. The van der Waals surface area contributed by atoms with Crippen LogP contribution in [0.1, 0.15) is 19.8 Å². The maximum Gasteiger partial charge on any atom is 0.194 e. The summed E-state index contributed by atoms with van der Waals surface area (Å²) in [5.74, 6) is 2.08. The Morgan fingerprint density at radius 1 is 1.15 bits per heavy atom. The van der Waals surface area contributed by atoms with Gasteiger partial charge in [0.2, 0.25) is 0 Å². The molecule has 1 fully saturated rings. The molecule has 0 bridgehead atoms. The van der Waals surface area contributed by atoms with E-state index in [0.29, 0.717) is 13.2 Å². The van der Waals surface area contributed by atoms with E-state index in [-0.39, 0.29) is 0 Å². The lowest BCUT2D eigenvalue weighted by atomic mass is 10.3. The highest BCUT2D eigenvalue weighted by atomic mass is 16.5. The van der Waals surface area contributed by atoms with Crippen LogP contribution in [0, 0.1) is 0 Å². The largest absolute Gasteiger partial charge is 0.382 e. The number of aromatic nitrogens is 1. The molecule has 7 heteroatoms. The van der Waals surface area contributed by atoms with Gasteiger partial charge in [-0.2, -0.15) is 0 Å². The monoisotopic (exact) mass is 363 g/mol. The van der Waals surface area contributed by atoms with E-state index in [1.165, 1.54) is 0 Å². The van der Waals surface area contributed by atoms with Crippen LogP contribution in [-0.2, 0) is 9.47 Å². The van der Waals surface area contributed by atoms with Crippen molar-refractivity contribution in [1.29, 1.82) is 0 Å². The smallest absolute Gasteiger partial charge is 0.194 e. The zero-order chi connectivity index (χ0) is 18.5. The Hall–Kier alpha value is -1.86. The van der Waals surface area contributed by atoms with Crippen LogP contribution in [0.3, 0.4) is 0 Å². The minimum absolute atomic E-state index is 0.660. The van der Waals surface area contributed by atoms with Gasteiger partial charge in [-0.1, -0.05) is 6.07 Å². The number of anilines is 1. The number of hydrogen-bond acceptors (Lipinski definition) is 5. The molecule has 0 radical (unpaired) electrons. The Morgan fingerprint density at radius 3 is 2.69 bits per heavy atom. The highest BCUT2D eigenvalue weighted by molar-refractivity contribution is 5.80. The Kier molecular flexibility index (Phi) is 9.82. The number of pyridine rings is 1. The van der Waals surface area contributed by atoms with Crippen LogP contribution in [0.2, 0.25) is 0 Å². The maximum absolute atomic E-state index is 5.49. The number of aliphatic imine (C=N–C) groups is 1. The molecule has 1 aliphatic rings. The summed E-state index contributed by atoms with van der Waals surface area (Å²) in [5.41, 5.74) is 0. The lowest BCUT2D eigenvalue weighted by molar-refractivity contribution is 0.0690. The summed E-state index contributed by atoms with van der Waals surface area (Å²) in [7, 11) is 1.69. The molecule has 2 rings (SSSR count). The van der Waals surface area contributed by atoms with Crippen molar-refractivity contribution in [3.63, 3.8) is 0 Å². The van der Waals surface area contributed by atoms with Gasteiger partial charge in [-0.3, -0.25) is 4.99 Å². The van der Waals surface area contributed by atoms with Gasteiger partial charge in [0, 0.05) is 59.2 Å². The minimum atomic E-state index is 0.660. The number of nitrogens with one attached hydrogen (secondary N) is 1. The normalized spacial score (nSPS) is 15.4. The van der Waals surface area contributed by atoms with E-state index in [9.17, 15) is 0 Å². The third kappa shape index (κ3) is 7.17. The summed E-state index contributed by atoms with van der Waals surface area (Å²) < 4.78 is 10.5. The van der Waals surface area contributed by atoms with E-state index in [4.69, 9.17) is 14.5 Å². The molecule has 0 aromatic carbocycles. The summed E-state index contributed by atoms with van der Waals surface area (Å²) in [6.07, 6.45) is 3.92. The second-order valence-corrected chi connectivity index (χ2v) is 6.21. The first-order valence-electron chi connectivity index (χ1n) is 9.61. The van der Waals surface area contributed by atoms with Crippen molar-refractivity contribution in [2.75, 3.05) is 71.1 Å². The van der Waals surface area contributed by atoms with Gasteiger partial charge in [-0.25, -0.2) is 4.98 Å². The molecule has 1 aromatic rings. The van der Waals surface area contributed by atoms with Crippen molar-refractivity contribution in [2.24, 2.45) is 4.99 Å². The average Bonchev–Trinajstić information content (AvgIpc) is 2.70. The van der Waals surface area contributed by atoms with Gasteiger partial charge in [-0.15, -0.1) is 0 Å². The quantitative estimate of drug-likeness (QED) is 0.387. The Bertz CT molecular complexity index is 504. The fraction of sp³-hybridized carbons (Fsp3) is 0.684. The van der Waals surface area contributed by atoms with Crippen LogP contribution in [0.4, 0.5) is 5.82 Å². The van der Waals surface area contributed by atoms with Gasteiger partial charge >= 0.3 is 0 Å². The second-order valence-electron chi connectivity index (χ2n) is 6.21. The number of methoxy groups -OCH3 is 1. The summed E-state index contributed by atoms with van der Waals surface area (Å²) in [6.45, 7) is 9.79. The molecule has 146 valence electrons. The Balaban J connectivity index is 1.71. The first-order chi connectivity index (χ1) is 12.8. The van der Waals surface area contributed by atoms with Gasteiger partial charge in [0.1, 0.15) is 5.82 Å². The van der Waals surface area contributed by atoms with E-state index in [1.807, 2.05) is 18.3 Å². The molecule has 0 spiro atoms. The van der Waals surface area contributed by atoms with Gasteiger partial charge in [0.05, 0.1) is 13.2 Å². The van der Waals surface area contributed by atoms with Crippen molar-refractivity contribution >= 4 is 11.8 Å². The number of unbranched alkanes of at least 4 members (excludes halogenated alkanes) is 1. The molecule has 26 heavy (non-hydrogen) atoms. The molecule has 0 atom stereocenters. The van der Waals surface area contributed by atoms with Gasteiger partial charge < -0.3 is 24.6 Å². The topological polar surface area (TPSA) is 62.2 Å². The van der Waals surface area contributed by atoms with Crippen LogP contribution in [-0.4, -0.2) is 82.0 Å². The van der Waals surface area contributed by atoms with Crippen LogP contribution < -0.4 is 10.2 Å². The first-order valence-corrected chi connectivity index (χ1v) is 9.61. The van der Waals surface area contributed by atoms with Crippen molar-refractivity contribution in [3.8, 4) is 0 Å². The highest BCUT2D eigenvalue weighted by Gasteiger charge is 2.20. The molecular weight excluding hydrogens is 330 g/mol. The van der Waals surface area contributed by atoms with Crippen molar-refractivity contribution in [1.82, 2.24) is 15.2 Å². The molecule has 0 unspecified atom stereocenters. The Labute approximate surface area is 157 Å². The number of piperazine rings is 1. The van der Waals surface area contributed by atoms with Crippen molar-refractivity contribution in [2.45, 2.75) is 19.8 Å². The first kappa shape index (κ1) is 20.5. The van der Waals surface area contributed by atoms with E-state index < -0.39 is 0 Å². The fourth-order valence-corrected chi connectivity index (χ4v) is 2.86. The third-order valence-corrected chi connectivity index (χ3v) is 4.28. The predicted octanol–water partition coefficient (Wildman–Crippen LogP) is 1.61. The van der Waals surface area contributed by atoms with Gasteiger partial charge in [-0.05, 0) is 31.9 Å². The number of rotatable bonds is 10. The van der Waals surface area contributed by atoms with Crippen molar-refractivity contribution in [3.05, 3.63) is 24.4 Å². The number of hydrogen-bond donors (Lipinski definition) is 1. The molecule has 0 saturated carbocycles.